The van der Waals surface area contributed by atoms with Crippen LogP contribution in [0.2, 0.25) is 0 Å². The van der Waals surface area contributed by atoms with Gasteiger partial charge in [-0.25, -0.2) is 8.42 Å². The summed E-state index contributed by atoms with van der Waals surface area (Å²) < 4.78 is 42.3. The number of rotatable bonds is 10. The predicted molar refractivity (Wildman–Crippen MR) is 131 cm³/mol. The standard InChI is InChI=1S/C24H33N3O6S/c1-18(27(34(4,29)30)22-15-21(31-2)9-10-23(22)32-3)24(28)25-16-19-5-7-20(8-6-19)17-26-11-13-33-14-12-26/h5-10,15,18H,11-14,16-17H2,1-4H3,(H,25,28)/t18-/m1/s1. The lowest BCUT2D eigenvalue weighted by molar-refractivity contribution is -0.122. The number of ether oxygens (including phenoxy) is 3. The fraction of sp³-hybridized carbons (Fsp3) is 0.458. The number of amides is 1. The first-order valence-electron chi connectivity index (χ1n) is 11.1. The van der Waals surface area contributed by atoms with Crippen LogP contribution in [0.3, 0.4) is 0 Å². The third kappa shape index (κ3) is 6.62. The number of hydrogen-bond donors (Lipinski definition) is 1. The highest BCUT2D eigenvalue weighted by Crippen LogP contribution is 2.35. The maximum absolute atomic E-state index is 13.0. The lowest BCUT2D eigenvalue weighted by Crippen LogP contribution is -2.47. The van der Waals surface area contributed by atoms with E-state index < -0.39 is 22.0 Å². The summed E-state index contributed by atoms with van der Waals surface area (Å²) in [5.74, 6) is 0.351. The number of sulfonamides is 1. The second-order valence-electron chi connectivity index (χ2n) is 8.20. The van der Waals surface area contributed by atoms with Crippen LogP contribution in [0, 0.1) is 0 Å². The van der Waals surface area contributed by atoms with Crippen molar-refractivity contribution in [3.63, 3.8) is 0 Å². The molecule has 10 heteroatoms. The Morgan fingerprint density at radius 1 is 1.09 bits per heavy atom. The number of hydrogen-bond acceptors (Lipinski definition) is 7. The van der Waals surface area contributed by atoms with E-state index in [0.29, 0.717) is 11.5 Å². The van der Waals surface area contributed by atoms with Crippen molar-refractivity contribution in [2.75, 3.05) is 51.1 Å². The van der Waals surface area contributed by atoms with Gasteiger partial charge >= 0.3 is 0 Å². The smallest absolute Gasteiger partial charge is 0.243 e. The van der Waals surface area contributed by atoms with Gasteiger partial charge in [0.25, 0.3) is 0 Å². The highest BCUT2D eigenvalue weighted by Gasteiger charge is 2.31. The van der Waals surface area contributed by atoms with Crippen molar-refractivity contribution in [2.24, 2.45) is 0 Å². The molecule has 0 radical (unpaired) electrons. The van der Waals surface area contributed by atoms with E-state index in [1.54, 1.807) is 19.1 Å². The average molecular weight is 492 g/mol. The number of nitrogens with one attached hydrogen (secondary N) is 1. The number of benzene rings is 2. The van der Waals surface area contributed by atoms with E-state index in [9.17, 15) is 13.2 Å². The van der Waals surface area contributed by atoms with Crippen molar-refractivity contribution >= 4 is 21.6 Å². The molecule has 2 aromatic rings. The van der Waals surface area contributed by atoms with Gasteiger partial charge in [0, 0.05) is 32.2 Å². The second-order valence-corrected chi connectivity index (χ2v) is 10.1. The summed E-state index contributed by atoms with van der Waals surface area (Å²) in [6, 6.07) is 11.8. The van der Waals surface area contributed by atoms with E-state index in [1.165, 1.54) is 25.8 Å². The summed E-state index contributed by atoms with van der Waals surface area (Å²) in [4.78, 5) is 15.3. The molecule has 1 amide bonds. The van der Waals surface area contributed by atoms with Crippen LogP contribution >= 0.6 is 0 Å². The zero-order valence-electron chi connectivity index (χ0n) is 20.1. The van der Waals surface area contributed by atoms with Crippen molar-refractivity contribution in [2.45, 2.75) is 26.1 Å². The van der Waals surface area contributed by atoms with Gasteiger partial charge in [0.15, 0.2) is 0 Å². The largest absolute Gasteiger partial charge is 0.497 e. The van der Waals surface area contributed by atoms with Crippen LogP contribution in [0.25, 0.3) is 0 Å². The Bertz CT molecular complexity index is 1070. The van der Waals surface area contributed by atoms with E-state index in [0.717, 1.165) is 49.0 Å². The number of anilines is 1. The van der Waals surface area contributed by atoms with Crippen LogP contribution in [0.5, 0.6) is 11.5 Å². The van der Waals surface area contributed by atoms with Gasteiger partial charge in [-0.2, -0.15) is 0 Å². The number of methoxy groups -OCH3 is 2. The van der Waals surface area contributed by atoms with Crippen LogP contribution in [0.15, 0.2) is 42.5 Å². The fourth-order valence-corrected chi connectivity index (χ4v) is 5.04. The third-order valence-corrected chi connectivity index (χ3v) is 6.94. The van der Waals surface area contributed by atoms with Gasteiger partial charge in [0.1, 0.15) is 17.5 Å². The van der Waals surface area contributed by atoms with Crippen LogP contribution in [0.4, 0.5) is 5.69 Å². The molecule has 1 saturated heterocycles. The summed E-state index contributed by atoms with van der Waals surface area (Å²) in [5, 5.41) is 2.84. The number of nitrogens with zero attached hydrogens (tertiary/aromatic N) is 2. The summed E-state index contributed by atoms with van der Waals surface area (Å²) >= 11 is 0. The number of morpholine rings is 1. The molecule has 186 valence electrons. The molecular formula is C24H33N3O6S. The van der Waals surface area contributed by atoms with Crippen molar-refractivity contribution in [3.05, 3.63) is 53.6 Å². The van der Waals surface area contributed by atoms with Gasteiger partial charge in [0.05, 0.1) is 39.4 Å². The SMILES string of the molecule is COc1ccc(OC)c(N([C@H](C)C(=O)NCc2ccc(CN3CCOCC3)cc2)S(C)(=O)=O)c1. The molecule has 1 aliphatic heterocycles. The van der Waals surface area contributed by atoms with Crippen LogP contribution in [-0.4, -0.2) is 72.0 Å². The van der Waals surface area contributed by atoms with Crippen molar-refractivity contribution in [1.82, 2.24) is 10.2 Å². The lowest BCUT2D eigenvalue weighted by atomic mass is 10.1. The van der Waals surface area contributed by atoms with Crippen LogP contribution < -0.4 is 19.1 Å². The van der Waals surface area contributed by atoms with Crippen molar-refractivity contribution in [3.8, 4) is 11.5 Å². The molecule has 34 heavy (non-hydrogen) atoms. The zero-order valence-corrected chi connectivity index (χ0v) is 20.9. The summed E-state index contributed by atoms with van der Waals surface area (Å²) in [5.41, 5.74) is 2.36. The van der Waals surface area contributed by atoms with Crippen LogP contribution in [0.1, 0.15) is 18.1 Å². The third-order valence-electron chi connectivity index (χ3n) is 5.71. The molecular weight excluding hydrogens is 458 g/mol. The second kappa shape index (κ2) is 11.5. The molecule has 0 bridgehead atoms. The average Bonchev–Trinajstić information content (AvgIpc) is 2.83. The Morgan fingerprint density at radius 2 is 1.74 bits per heavy atom. The summed E-state index contributed by atoms with van der Waals surface area (Å²) in [6.07, 6.45) is 1.06. The first-order chi connectivity index (χ1) is 16.2. The molecule has 1 N–H and O–H groups in total. The Morgan fingerprint density at radius 3 is 2.32 bits per heavy atom. The normalized spacial score (nSPS) is 15.4. The van der Waals surface area contributed by atoms with E-state index in [-0.39, 0.29) is 12.2 Å². The highest BCUT2D eigenvalue weighted by atomic mass is 32.2. The quantitative estimate of drug-likeness (QED) is 0.543. The maximum Gasteiger partial charge on any atom is 0.243 e. The minimum atomic E-state index is -3.80. The Kier molecular flexibility index (Phi) is 8.76. The maximum atomic E-state index is 13.0. The first kappa shape index (κ1) is 25.8. The zero-order chi connectivity index (χ0) is 24.7. The molecule has 1 fully saturated rings. The van der Waals surface area contributed by atoms with Crippen molar-refractivity contribution in [1.29, 1.82) is 0 Å². The van der Waals surface area contributed by atoms with Gasteiger partial charge in [0.2, 0.25) is 15.9 Å². The van der Waals surface area contributed by atoms with E-state index in [4.69, 9.17) is 14.2 Å². The monoisotopic (exact) mass is 491 g/mol. The molecule has 2 aromatic carbocycles. The Hall–Kier alpha value is -2.82. The summed E-state index contributed by atoms with van der Waals surface area (Å²) in [7, 11) is -0.871. The highest BCUT2D eigenvalue weighted by molar-refractivity contribution is 7.92. The van der Waals surface area contributed by atoms with Gasteiger partial charge in [-0.3, -0.25) is 14.0 Å². The molecule has 0 aromatic heterocycles. The van der Waals surface area contributed by atoms with Crippen LogP contribution in [-0.2, 0) is 32.6 Å². The van der Waals surface area contributed by atoms with E-state index in [1.807, 2.05) is 24.3 Å². The molecule has 0 saturated carbocycles. The first-order valence-corrected chi connectivity index (χ1v) is 12.9. The number of carbonyl (C=O) groups excluding carboxylic acids is 1. The summed E-state index contributed by atoms with van der Waals surface area (Å²) in [6.45, 7) is 6.05. The molecule has 1 heterocycles. The molecule has 0 spiro atoms. The Labute approximate surface area is 201 Å². The molecule has 1 atom stereocenters. The molecule has 0 unspecified atom stereocenters. The molecule has 0 aliphatic carbocycles. The fourth-order valence-electron chi connectivity index (χ4n) is 3.87. The molecule has 1 aliphatic rings. The minimum absolute atomic E-state index is 0.236. The molecule has 9 nitrogen and oxygen atoms in total. The number of carbonyl (C=O) groups is 1. The Balaban J connectivity index is 1.68. The van der Waals surface area contributed by atoms with Gasteiger partial charge in [-0.15, -0.1) is 0 Å². The minimum Gasteiger partial charge on any atom is -0.497 e. The van der Waals surface area contributed by atoms with Gasteiger partial charge < -0.3 is 19.5 Å². The van der Waals surface area contributed by atoms with E-state index >= 15 is 0 Å². The molecule has 3 rings (SSSR count). The topological polar surface area (TPSA) is 97.4 Å². The lowest BCUT2D eigenvalue weighted by Gasteiger charge is -2.29. The van der Waals surface area contributed by atoms with Crippen molar-refractivity contribution < 1.29 is 27.4 Å². The van der Waals surface area contributed by atoms with Gasteiger partial charge in [-0.05, 0) is 30.2 Å². The predicted octanol–water partition coefficient (Wildman–Crippen LogP) is 2.01. The van der Waals surface area contributed by atoms with E-state index in [2.05, 4.69) is 10.2 Å². The van der Waals surface area contributed by atoms with Gasteiger partial charge in [-0.1, -0.05) is 24.3 Å².